The van der Waals surface area contributed by atoms with Crippen LogP contribution in [0.3, 0.4) is 0 Å². The number of carbonyl (C=O) groups excluding carboxylic acids is 1. The number of carbonyl (C=O) groups is 1. The average molecular weight is 177 g/mol. The summed E-state index contributed by atoms with van der Waals surface area (Å²) in [5, 5.41) is 0. The van der Waals surface area contributed by atoms with Crippen LogP contribution in [0.2, 0.25) is 0 Å². The first kappa shape index (κ1) is 8.10. The van der Waals surface area contributed by atoms with Crippen molar-refractivity contribution in [3.63, 3.8) is 0 Å². The standard InChI is InChI=1S/C10H11NO2/c1-13-10(12)8-3-2-4-9-7(8)5-6-11-9/h3,5-6,11H,2,4H2,1H3. The van der Waals surface area contributed by atoms with Crippen LogP contribution in [-0.4, -0.2) is 18.1 Å². The highest BCUT2D eigenvalue weighted by molar-refractivity contribution is 6.17. The molecule has 1 N–H and O–H groups in total. The second-order valence-electron chi connectivity index (χ2n) is 3.02. The summed E-state index contributed by atoms with van der Waals surface area (Å²) in [6.45, 7) is 0. The van der Waals surface area contributed by atoms with E-state index < -0.39 is 0 Å². The van der Waals surface area contributed by atoms with E-state index in [1.807, 2.05) is 18.3 Å². The van der Waals surface area contributed by atoms with E-state index in [1.54, 1.807) is 0 Å². The number of aryl methyl sites for hydroxylation is 1. The molecule has 1 aliphatic rings. The van der Waals surface area contributed by atoms with Crippen molar-refractivity contribution >= 4 is 11.5 Å². The molecule has 3 heteroatoms. The Morgan fingerprint density at radius 3 is 3.23 bits per heavy atom. The summed E-state index contributed by atoms with van der Waals surface area (Å²) in [6, 6.07) is 1.91. The topological polar surface area (TPSA) is 42.1 Å². The monoisotopic (exact) mass is 177 g/mol. The molecule has 0 spiro atoms. The lowest BCUT2D eigenvalue weighted by atomic mass is 9.97. The summed E-state index contributed by atoms with van der Waals surface area (Å²) in [6.07, 6.45) is 5.66. The molecule has 0 radical (unpaired) electrons. The first-order valence-corrected chi connectivity index (χ1v) is 4.28. The van der Waals surface area contributed by atoms with Gasteiger partial charge in [-0.15, -0.1) is 0 Å². The SMILES string of the molecule is COC(=O)C1=CCCc2[nH]ccc21. The van der Waals surface area contributed by atoms with Gasteiger partial charge in [-0.05, 0) is 18.9 Å². The van der Waals surface area contributed by atoms with Gasteiger partial charge < -0.3 is 9.72 Å². The molecule has 0 aliphatic heterocycles. The van der Waals surface area contributed by atoms with Crippen LogP contribution in [0.4, 0.5) is 0 Å². The Hall–Kier alpha value is -1.51. The van der Waals surface area contributed by atoms with Gasteiger partial charge in [0.05, 0.1) is 12.7 Å². The molecule has 0 fully saturated rings. The number of allylic oxidation sites excluding steroid dienone is 1. The first-order valence-electron chi connectivity index (χ1n) is 4.28. The molecular weight excluding hydrogens is 166 g/mol. The average Bonchev–Trinajstić information content (AvgIpc) is 2.63. The van der Waals surface area contributed by atoms with Gasteiger partial charge in [0.15, 0.2) is 0 Å². The molecule has 0 saturated heterocycles. The Kier molecular flexibility index (Phi) is 1.93. The number of H-pyrrole nitrogens is 1. The molecule has 68 valence electrons. The Morgan fingerprint density at radius 2 is 2.46 bits per heavy atom. The quantitative estimate of drug-likeness (QED) is 0.661. The second kappa shape index (κ2) is 3.09. The van der Waals surface area contributed by atoms with Gasteiger partial charge in [-0.1, -0.05) is 6.08 Å². The molecule has 13 heavy (non-hydrogen) atoms. The van der Waals surface area contributed by atoms with E-state index in [0.717, 1.165) is 24.1 Å². The van der Waals surface area contributed by atoms with Crippen LogP contribution >= 0.6 is 0 Å². The van der Waals surface area contributed by atoms with Crippen molar-refractivity contribution in [1.29, 1.82) is 0 Å². The van der Waals surface area contributed by atoms with Gasteiger partial charge in [0, 0.05) is 17.5 Å². The highest BCUT2D eigenvalue weighted by Gasteiger charge is 2.19. The molecular formula is C10H11NO2. The molecule has 0 bridgehead atoms. The van der Waals surface area contributed by atoms with E-state index >= 15 is 0 Å². The van der Waals surface area contributed by atoms with Gasteiger partial charge in [0.25, 0.3) is 0 Å². The van der Waals surface area contributed by atoms with Crippen LogP contribution < -0.4 is 0 Å². The number of ether oxygens (including phenoxy) is 1. The Bertz CT molecular complexity index is 363. The third-order valence-electron chi connectivity index (χ3n) is 2.27. The van der Waals surface area contributed by atoms with E-state index in [-0.39, 0.29) is 5.97 Å². The number of fused-ring (bicyclic) bond motifs is 1. The Morgan fingerprint density at radius 1 is 1.62 bits per heavy atom. The van der Waals surface area contributed by atoms with E-state index in [2.05, 4.69) is 4.98 Å². The molecule has 2 rings (SSSR count). The van der Waals surface area contributed by atoms with Crippen LogP contribution in [0.1, 0.15) is 17.7 Å². The van der Waals surface area contributed by atoms with Crippen LogP contribution in [0, 0.1) is 0 Å². The number of hydrogen-bond donors (Lipinski definition) is 1. The molecule has 1 aromatic rings. The summed E-state index contributed by atoms with van der Waals surface area (Å²) >= 11 is 0. The molecule has 0 atom stereocenters. The molecule has 0 unspecified atom stereocenters. The minimum Gasteiger partial charge on any atom is -0.465 e. The fraction of sp³-hybridized carbons (Fsp3) is 0.300. The maximum atomic E-state index is 11.3. The van der Waals surface area contributed by atoms with Crippen molar-refractivity contribution in [2.45, 2.75) is 12.8 Å². The van der Waals surface area contributed by atoms with Crippen molar-refractivity contribution in [2.75, 3.05) is 7.11 Å². The van der Waals surface area contributed by atoms with Crippen LogP contribution in [-0.2, 0) is 16.0 Å². The summed E-state index contributed by atoms with van der Waals surface area (Å²) < 4.78 is 4.69. The second-order valence-corrected chi connectivity index (χ2v) is 3.02. The lowest BCUT2D eigenvalue weighted by Gasteiger charge is -2.11. The first-order chi connectivity index (χ1) is 6.33. The molecule has 1 heterocycles. The summed E-state index contributed by atoms with van der Waals surface area (Å²) in [5.41, 5.74) is 2.80. The molecule has 0 aromatic carbocycles. The molecule has 3 nitrogen and oxygen atoms in total. The lowest BCUT2D eigenvalue weighted by molar-refractivity contribution is -0.133. The predicted octanol–water partition coefficient (Wildman–Crippen LogP) is 1.52. The fourth-order valence-electron chi connectivity index (χ4n) is 1.64. The highest BCUT2D eigenvalue weighted by atomic mass is 16.5. The third-order valence-corrected chi connectivity index (χ3v) is 2.27. The van der Waals surface area contributed by atoms with E-state index in [1.165, 1.54) is 7.11 Å². The summed E-state index contributed by atoms with van der Waals surface area (Å²) in [7, 11) is 1.41. The molecule has 0 amide bonds. The Labute approximate surface area is 76.4 Å². The predicted molar refractivity (Wildman–Crippen MR) is 49.1 cm³/mol. The Balaban J connectivity index is 2.41. The third kappa shape index (κ3) is 1.26. The van der Waals surface area contributed by atoms with Gasteiger partial charge in [-0.2, -0.15) is 0 Å². The number of nitrogens with one attached hydrogen (secondary N) is 1. The van der Waals surface area contributed by atoms with Crippen molar-refractivity contribution in [3.8, 4) is 0 Å². The van der Waals surface area contributed by atoms with Crippen LogP contribution in [0.15, 0.2) is 18.3 Å². The molecule has 1 aromatic heterocycles. The highest BCUT2D eigenvalue weighted by Crippen LogP contribution is 2.25. The summed E-state index contributed by atoms with van der Waals surface area (Å²) in [4.78, 5) is 14.4. The number of methoxy groups -OCH3 is 1. The zero-order valence-corrected chi connectivity index (χ0v) is 7.46. The van der Waals surface area contributed by atoms with Gasteiger partial charge in [0.2, 0.25) is 0 Å². The van der Waals surface area contributed by atoms with Gasteiger partial charge in [-0.25, -0.2) is 4.79 Å². The molecule has 0 saturated carbocycles. The number of rotatable bonds is 1. The largest absolute Gasteiger partial charge is 0.465 e. The zero-order chi connectivity index (χ0) is 9.26. The minimum atomic E-state index is -0.249. The maximum Gasteiger partial charge on any atom is 0.338 e. The fourth-order valence-corrected chi connectivity index (χ4v) is 1.64. The van der Waals surface area contributed by atoms with Crippen molar-refractivity contribution in [1.82, 2.24) is 4.98 Å². The number of aromatic nitrogens is 1. The van der Waals surface area contributed by atoms with E-state index in [4.69, 9.17) is 4.74 Å². The number of esters is 1. The van der Waals surface area contributed by atoms with Gasteiger partial charge >= 0.3 is 5.97 Å². The van der Waals surface area contributed by atoms with Crippen LogP contribution in [0.5, 0.6) is 0 Å². The summed E-state index contributed by atoms with van der Waals surface area (Å²) in [5.74, 6) is -0.249. The van der Waals surface area contributed by atoms with Crippen molar-refractivity contribution < 1.29 is 9.53 Å². The number of aromatic amines is 1. The van der Waals surface area contributed by atoms with Gasteiger partial charge in [-0.3, -0.25) is 0 Å². The van der Waals surface area contributed by atoms with Gasteiger partial charge in [0.1, 0.15) is 0 Å². The lowest BCUT2D eigenvalue weighted by Crippen LogP contribution is -2.08. The normalized spacial score (nSPS) is 14.7. The maximum absolute atomic E-state index is 11.3. The van der Waals surface area contributed by atoms with E-state index in [0.29, 0.717) is 5.57 Å². The number of hydrogen-bond acceptors (Lipinski definition) is 2. The van der Waals surface area contributed by atoms with Crippen molar-refractivity contribution in [2.24, 2.45) is 0 Å². The minimum absolute atomic E-state index is 0.249. The van der Waals surface area contributed by atoms with E-state index in [9.17, 15) is 4.79 Å². The zero-order valence-electron chi connectivity index (χ0n) is 7.46. The smallest absolute Gasteiger partial charge is 0.338 e. The molecule has 1 aliphatic carbocycles. The van der Waals surface area contributed by atoms with Crippen molar-refractivity contribution in [3.05, 3.63) is 29.6 Å². The van der Waals surface area contributed by atoms with Crippen LogP contribution in [0.25, 0.3) is 5.57 Å².